The highest BCUT2D eigenvalue weighted by atomic mass is 19.3. The standard InChI is InChI=1S/C16H24F2N6O/c1-5-19-15(22-9-12-20-6-7-24(12)14(17)18)23-10-13-21-8-11(25-13)16(2,3)4/h6-8,14H,5,9-10H2,1-4H3,(H2,19,22,23). The van der Waals surface area contributed by atoms with E-state index in [0.29, 0.717) is 24.9 Å². The number of imidazole rings is 1. The molecule has 0 saturated carbocycles. The van der Waals surface area contributed by atoms with Crippen LogP contribution in [0.1, 0.15) is 51.7 Å². The minimum absolute atomic E-state index is 0.0332. The van der Waals surface area contributed by atoms with Gasteiger partial charge in [0.25, 0.3) is 0 Å². The Kier molecular flexibility index (Phi) is 6.11. The van der Waals surface area contributed by atoms with Crippen molar-refractivity contribution in [3.8, 4) is 0 Å². The molecule has 0 saturated heterocycles. The van der Waals surface area contributed by atoms with Crippen molar-refractivity contribution in [1.82, 2.24) is 25.2 Å². The molecule has 2 rings (SSSR count). The molecule has 2 aromatic heterocycles. The van der Waals surface area contributed by atoms with Gasteiger partial charge >= 0.3 is 6.55 Å². The predicted octanol–water partition coefficient (Wildman–Crippen LogP) is 2.82. The number of alkyl halides is 2. The Morgan fingerprint density at radius 1 is 1.32 bits per heavy atom. The molecule has 2 N–H and O–H groups in total. The molecular formula is C16H24F2N6O. The van der Waals surface area contributed by atoms with Crippen molar-refractivity contribution in [2.45, 2.75) is 52.7 Å². The molecule has 138 valence electrons. The lowest BCUT2D eigenvalue weighted by Gasteiger charge is -2.13. The third-order valence-electron chi connectivity index (χ3n) is 3.38. The number of hydrogen-bond acceptors (Lipinski definition) is 4. The van der Waals surface area contributed by atoms with Gasteiger partial charge in [-0.3, -0.25) is 4.57 Å². The largest absolute Gasteiger partial charge is 0.443 e. The van der Waals surface area contributed by atoms with E-state index in [2.05, 4.69) is 25.6 Å². The van der Waals surface area contributed by atoms with Crippen LogP contribution in [0.2, 0.25) is 0 Å². The van der Waals surface area contributed by atoms with Crippen LogP contribution in [0.15, 0.2) is 28.0 Å². The molecule has 0 amide bonds. The minimum atomic E-state index is -2.63. The van der Waals surface area contributed by atoms with Gasteiger partial charge in [0.1, 0.15) is 18.1 Å². The van der Waals surface area contributed by atoms with Gasteiger partial charge in [0, 0.05) is 24.4 Å². The Balaban J connectivity index is 2.00. The maximum absolute atomic E-state index is 12.8. The maximum Gasteiger partial charge on any atom is 0.319 e. The molecule has 0 unspecified atom stereocenters. The molecule has 2 heterocycles. The van der Waals surface area contributed by atoms with E-state index in [9.17, 15) is 8.78 Å². The van der Waals surface area contributed by atoms with Crippen LogP contribution in [-0.2, 0) is 18.5 Å². The molecule has 0 aliphatic heterocycles. The van der Waals surface area contributed by atoms with Crippen molar-refractivity contribution in [3.05, 3.63) is 36.1 Å². The molecule has 0 spiro atoms. The summed E-state index contributed by atoms with van der Waals surface area (Å²) in [5.41, 5.74) is -0.115. The first kappa shape index (κ1) is 18.9. The van der Waals surface area contributed by atoms with Crippen molar-refractivity contribution in [1.29, 1.82) is 0 Å². The number of oxazole rings is 1. The zero-order chi connectivity index (χ0) is 18.4. The fourth-order valence-corrected chi connectivity index (χ4v) is 2.03. The van der Waals surface area contributed by atoms with Crippen LogP contribution < -0.4 is 10.6 Å². The summed E-state index contributed by atoms with van der Waals surface area (Å²) >= 11 is 0. The first-order valence-electron chi connectivity index (χ1n) is 8.08. The summed E-state index contributed by atoms with van der Waals surface area (Å²) in [6.45, 7) is 6.42. The number of aliphatic imine (C=N–C) groups is 1. The van der Waals surface area contributed by atoms with Gasteiger partial charge in [-0.2, -0.15) is 8.78 Å². The molecule has 2 aromatic rings. The fourth-order valence-electron chi connectivity index (χ4n) is 2.03. The minimum Gasteiger partial charge on any atom is -0.443 e. The molecule has 25 heavy (non-hydrogen) atoms. The van der Waals surface area contributed by atoms with Gasteiger partial charge < -0.3 is 15.1 Å². The van der Waals surface area contributed by atoms with Gasteiger partial charge in [-0.25, -0.2) is 15.0 Å². The highest BCUT2D eigenvalue weighted by molar-refractivity contribution is 5.79. The van der Waals surface area contributed by atoms with Gasteiger partial charge in [-0.05, 0) is 6.92 Å². The molecule has 7 nitrogen and oxygen atoms in total. The molecule has 0 fully saturated rings. The van der Waals surface area contributed by atoms with Crippen LogP contribution >= 0.6 is 0 Å². The average Bonchev–Trinajstić information content (AvgIpc) is 3.18. The Hall–Kier alpha value is -2.45. The number of halogens is 2. The second-order valence-electron chi connectivity index (χ2n) is 6.45. The van der Waals surface area contributed by atoms with Crippen molar-refractivity contribution >= 4 is 5.96 Å². The van der Waals surface area contributed by atoms with Crippen molar-refractivity contribution in [3.63, 3.8) is 0 Å². The van der Waals surface area contributed by atoms with E-state index in [1.54, 1.807) is 6.20 Å². The lowest BCUT2D eigenvalue weighted by Crippen LogP contribution is -2.37. The van der Waals surface area contributed by atoms with E-state index < -0.39 is 6.55 Å². The molecule has 0 atom stereocenters. The molecule has 9 heteroatoms. The second kappa shape index (κ2) is 8.09. The Morgan fingerprint density at radius 2 is 2.08 bits per heavy atom. The summed E-state index contributed by atoms with van der Waals surface area (Å²) in [6, 6.07) is 0. The van der Waals surface area contributed by atoms with Gasteiger partial charge in [0.05, 0.1) is 12.7 Å². The molecule has 0 bridgehead atoms. The molecule has 0 aliphatic rings. The van der Waals surface area contributed by atoms with Crippen LogP contribution in [0, 0.1) is 0 Å². The van der Waals surface area contributed by atoms with E-state index in [4.69, 9.17) is 4.42 Å². The van der Waals surface area contributed by atoms with E-state index >= 15 is 0 Å². The predicted molar refractivity (Wildman–Crippen MR) is 90.3 cm³/mol. The molecule has 0 aliphatic carbocycles. The fraction of sp³-hybridized carbons (Fsp3) is 0.562. The highest BCUT2D eigenvalue weighted by Gasteiger charge is 2.19. The Bertz CT molecular complexity index is 702. The van der Waals surface area contributed by atoms with Crippen LogP contribution in [0.4, 0.5) is 8.78 Å². The normalized spacial score (nSPS) is 12.7. The number of rotatable bonds is 6. The van der Waals surface area contributed by atoms with Crippen LogP contribution in [0.3, 0.4) is 0 Å². The number of nitrogens with one attached hydrogen (secondary N) is 2. The average molecular weight is 354 g/mol. The summed E-state index contributed by atoms with van der Waals surface area (Å²) < 4.78 is 32.1. The quantitative estimate of drug-likeness (QED) is 0.616. The van der Waals surface area contributed by atoms with Crippen molar-refractivity contribution < 1.29 is 13.2 Å². The number of hydrogen-bond donors (Lipinski definition) is 2. The summed E-state index contributed by atoms with van der Waals surface area (Å²) in [4.78, 5) is 12.4. The third kappa shape index (κ3) is 5.27. The zero-order valence-corrected chi connectivity index (χ0v) is 14.9. The summed E-state index contributed by atoms with van der Waals surface area (Å²) in [7, 11) is 0. The van der Waals surface area contributed by atoms with Crippen LogP contribution in [0.25, 0.3) is 0 Å². The molecular weight excluding hydrogens is 330 g/mol. The number of aromatic nitrogens is 3. The van der Waals surface area contributed by atoms with E-state index in [1.165, 1.54) is 12.4 Å². The Morgan fingerprint density at radius 3 is 2.68 bits per heavy atom. The van der Waals surface area contributed by atoms with E-state index in [1.807, 2.05) is 27.7 Å². The zero-order valence-electron chi connectivity index (χ0n) is 14.9. The number of nitrogens with zero attached hydrogens (tertiary/aromatic N) is 4. The summed E-state index contributed by atoms with van der Waals surface area (Å²) in [5.74, 6) is 2.00. The van der Waals surface area contributed by atoms with Crippen LogP contribution in [-0.4, -0.2) is 27.0 Å². The lowest BCUT2D eigenvalue weighted by atomic mass is 9.94. The van der Waals surface area contributed by atoms with Gasteiger partial charge in [-0.15, -0.1) is 0 Å². The van der Waals surface area contributed by atoms with Crippen molar-refractivity contribution in [2.75, 3.05) is 6.54 Å². The molecule has 0 radical (unpaired) electrons. The van der Waals surface area contributed by atoms with Gasteiger partial charge in [-0.1, -0.05) is 20.8 Å². The van der Waals surface area contributed by atoms with Crippen molar-refractivity contribution in [2.24, 2.45) is 4.99 Å². The first-order valence-corrected chi connectivity index (χ1v) is 8.08. The molecule has 0 aromatic carbocycles. The topological polar surface area (TPSA) is 80.3 Å². The maximum atomic E-state index is 12.8. The summed E-state index contributed by atoms with van der Waals surface area (Å²) in [5, 5.41) is 6.12. The van der Waals surface area contributed by atoms with E-state index in [0.717, 1.165) is 10.3 Å². The van der Waals surface area contributed by atoms with Crippen LogP contribution in [0.5, 0.6) is 0 Å². The van der Waals surface area contributed by atoms with E-state index in [-0.39, 0.29) is 17.8 Å². The van der Waals surface area contributed by atoms with Gasteiger partial charge in [0.15, 0.2) is 5.96 Å². The van der Waals surface area contributed by atoms with Gasteiger partial charge in [0.2, 0.25) is 5.89 Å². The smallest absolute Gasteiger partial charge is 0.319 e. The number of guanidine groups is 1. The first-order chi connectivity index (χ1) is 11.8. The SMILES string of the molecule is CCNC(=NCc1nccn1C(F)F)NCc1ncc(C(C)(C)C)o1. The highest BCUT2D eigenvalue weighted by Crippen LogP contribution is 2.22. The summed E-state index contributed by atoms with van der Waals surface area (Å²) in [6.07, 6.45) is 4.27. The monoisotopic (exact) mass is 354 g/mol. The third-order valence-corrected chi connectivity index (χ3v) is 3.38. The Labute approximate surface area is 145 Å². The second-order valence-corrected chi connectivity index (χ2v) is 6.45. The lowest BCUT2D eigenvalue weighted by molar-refractivity contribution is 0.0671.